The topological polar surface area (TPSA) is 36.5 Å². The first-order chi connectivity index (χ1) is 11.6. The average Bonchev–Trinajstić information content (AvgIpc) is 3.07. The number of hydrogen-bond donors (Lipinski definition) is 2. The Morgan fingerprint density at radius 3 is 2.42 bits per heavy atom. The zero-order valence-electron chi connectivity index (χ0n) is 13.4. The molecule has 0 bridgehead atoms. The highest BCUT2D eigenvalue weighted by molar-refractivity contribution is 9.10. The van der Waals surface area contributed by atoms with Crippen LogP contribution in [-0.4, -0.2) is 24.3 Å². The molecule has 0 aliphatic carbocycles. The summed E-state index contributed by atoms with van der Waals surface area (Å²) in [5.41, 5.74) is 6.67. The molecule has 2 aromatic carbocycles. The van der Waals surface area contributed by atoms with Crippen molar-refractivity contribution in [3.63, 3.8) is 0 Å². The third kappa shape index (κ3) is 3.39. The predicted molar refractivity (Wildman–Crippen MR) is 104 cm³/mol. The molecule has 0 fully saturated rings. The second kappa shape index (κ2) is 7.23. The molecular weight excluding hydrogens is 386 g/mol. The van der Waals surface area contributed by atoms with E-state index in [9.17, 15) is 0 Å². The molecule has 0 unspecified atom stereocenters. The quantitative estimate of drug-likeness (QED) is 0.760. The van der Waals surface area contributed by atoms with Crippen molar-refractivity contribution < 1.29 is 4.74 Å². The molecule has 1 atom stereocenters. The number of rotatable bonds is 3. The zero-order valence-corrected chi connectivity index (χ0v) is 15.8. The van der Waals surface area contributed by atoms with Crippen molar-refractivity contribution in [3.05, 3.63) is 70.2 Å². The summed E-state index contributed by atoms with van der Waals surface area (Å²) in [5, 5.41) is 5.63. The summed E-state index contributed by atoms with van der Waals surface area (Å²) in [4.78, 5) is 0. The van der Waals surface area contributed by atoms with E-state index in [1.54, 1.807) is 7.11 Å². The lowest BCUT2D eigenvalue weighted by Crippen LogP contribution is -2.44. The number of ether oxygens (including phenoxy) is 1. The molecule has 0 saturated carbocycles. The van der Waals surface area contributed by atoms with Gasteiger partial charge in [-0.05, 0) is 53.7 Å². The first-order valence-electron chi connectivity index (χ1n) is 7.51. The molecule has 0 amide bonds. The van der Waals surface area contributed by atoms with E-state index >= 15 is 0 Å². The molecule has 1 heterocycles. The largest absolute Gasteiger partial charge is 0.497 e. The number of nitrogens with one attached hydrogen (secondary N) is 2. The molecule has 0 aromatic heterocycles. The van der Waals surface area contributed by atoms with E-state index in [2.05, 4.69) is 57.0 Å². The van der Waals surface area contributed by atoms with Crippen LogP contribution in [0.4, 0.5) is 0 Å². The fourth-order valence-corrected chi connectivity index (χ4v) is 3.03. The number of nitrogens with zero attached hydrogens (tertiary/aromatic N) is 1. The van der Waals surface area contributed by atoms with Gasteiger partial charge in [0.15, 0.2) is 5.11 Å². The molecule has 1 aliphatic heterocycles. The van der Waals surface area contributed by atoms with Gasteiger partial charge in [-0.3, -0.25) is 10.4 Å². The SMILES string of the molecule is CNC(=S)N1NC(c2ccc(Br)cc2)=C[C@H]1c1ccc(OC)cc1. The zero-order chi connectivity index (χ0) is 17.1. The van der Waals surface area contributed by atoms with E-state index < -0.39 is 0 Å². The Morgan fingerprint density at radius 2 is 1.83 bits per heavy atom. The summed E-state index contributed by atoms with van der Waals surface area (Å²) in [6.45, 7) is 0. The van der Waals surface area contributed by atoms with Crippen molar-refractivity contribution in [1.82, 2.24) is 15.8 Å². The maximum Gasteiger partial charge on any atom is 0.188 e. The van der Waals surface area contributed by atoms with Gasteiger partial charge in [0.05, 0.1) is 18.8 Å². The molecule has 0 saturated heterocycles. The average molecular weight is 404 g/mol. The molecule has 24 heavy (non-hydrogen) atoms. The minimum atomic E-state index is 0.00880. The minimum Gasteiger partial charge on any atom is -0.497 e. The van der Waals surface area contributed by atoms with Crippen LogP contribution in [-0.2, 0) is 0 Å². The first kappa shape index (κ1) is 16.8. The molecule has 3 rings (SSSR count). The number of hydrogen-bond acceptors (Lipinski definition) is 3. The monoisotopic (exact) mass is 403 g/mol. The smallest absolute Gasteiger partial charge is 0.188 e. The van der Waals surface area contributed by atoms with Gasteiger partial charge in [-0.15, -0.1) is 0 Å². The molecule has 4 nitrogen and oxygen atoms in total. The maximum atomic E-state index is 5.45. The minimum absolute atomic E-state index is 0.00880. The molecule has 6 heteroatoms. The Hall–Kier alpha value is -2.05. The number of thiocarbonyl (C=S) groups is 1. The summed E-state index contributed by atoms with van der Waals surface area (Å²) < 4.78 is 6.30. The number of benzene rings is 2. The highest BCUT2D eigenvalue weighted by atomic mass is 79.9. The van der Waals surface area contributed by atoms with E-state index in [4.69, 9.17) is 17.0 Å². The molecule has 1 aliphatic rings. The Balaban J connectivity index is 1.95. The Labute approximate surface area is 155 Å². The van der Waals surface area contributed by atoms with Crippen molar-refractivity contribution in [2.45, 2.75) is 6.04 Å². The van der Waals surface area contributed by atoms with Gasteiger partial charge in [0, 0.05) is 11.5 Å². The first-order valence-corrected chi connectivity index (χ1v) is 8.72. The summed E-state index contributed by atoms with van der Waals surface area (Å²) in [6, 6.07) is 16.2. The fraction of sp³-hybridized carbons (Fsp3) is 0.167. The van der Waals surface area contributed by atoms with Gasteiger partial charge in [0.2, 0.25) is 0 Å². The summed E-state index contributed by atoms with van der Waals surface area (Å²) in [5.74, 6) is 0.838. The highest BCUT2D eigenvalue weighted by Crippen LogP contribution is 2.32. The van der Waals surface area contributed by atoms with Gasteiger partial charge in [0.25, 0.3) is 0 Å². The lowest BCUT2D eigenvalue weighted by atomic mass is 10.0. The van der Waals surface area contributed by atoms with Crippen LogP contribution in [0.1, 0.15) is 17.2 Å². The molecule has 2 N–H and O–H groups in total. The van der Waals surface area contributed by atoms with Crippen molar-refractivity contribution in [2.75, 3.05) is 14.2 Å². The van der Waals surface area contributed by atoms with Crippen LogP contribution >= 0.6 is 28.1 Å². The summed E-state index contributed by atoms with van der Waals surface area (Å²) in [6.07, 6.45) is 2.18. The molecular formula is C18H18BrN3OS. The second-order valence-corrected chi connectivity index (χ2v) is 6.64. The molecule has 0 spiro atoms. The fourth-order valence-electron chi connectivity index (χ4n) is 2.60. The van der Waals surface area contributed by atoms with Gasteiger partial charge in [-0.2, -0.15) is 0 Å². The van der Waals surface area contributed by atoms with Crippen LogP contribution in [0, 0.1) is 0 Å². The molecule has 2 aromatic rings. The normalized spacial score (nSPS) is 16.4. The van der Waals surface area contributed by atoms with Crippen molar-refractivity contribution in [3.8, 4) is 5.75 Å². The van der Waals surface area contributed by atoms with Crippen molar-refractivity contribution in [2.24, 2.45) is 0 Å². The Morgan fingerprint density at radius 1 is 1.17 bits per heavy atom. The van der Waals surface area contributed by atoms with Gasteiger partial charge >= 0.3 is 0 Å². The van der Waals surface area contributed by atoms with Gasteiger partial charge < -0.3 is 10.1 Å². The molecule has 0 radical (unpaired) electrons. The van der Waals surface area contributed by atoms with E-state index in [0.717, 1.165) is 27.0 Å². The Bertz CT molecular complexity index is 759. The van der Waals surface area contributed by atoms with E-state index in [1.807, 2.05) is 36.3 Å². The second-order valence-electron chi connectivity index (χ2n) is 5.34. The van der Waals surface area contributed by atoms with E-state index in [-0.39, 0.29) is 6.04 Å². The third-order valence-corrected chi connectivity index (χ3v) is 4.82. The van der Waals surface area contributed by atoms with Crippen LogP contribution in [0.5, 0.6) is 5.75 Å². The number of halogens is 1. The summed E-state index contributed by atoms with van der Waals surface area (Å²) >= 11 is 8.92. The maximum absolute atomic E-state index is 5.45. The Kier molecular flexibility index (Phi) is 5.06. The molecule has 124 valence electrons. The van der Waals surface area contributed by atoms with Gasteiger partial charge in [-0.25, -0.2) is 0 Å². The van der Waals surface area contributed by atoms with Crippen LogP contribution in [0.25, 0.3) is 5.70 Å². The summed E-state index contributed by atoms with van der Waals surface area (Å²) in [7, 11) is 3.49. The van der Waals surface area contributed by atoms with Crippen LogP contribution in [0.3, 0.4) is 0 Å². The van der Waals surface area contributed by atoms with E-state index in [0.29, 0.717) is 5.11 Å². The predicted octanol–water partition coefficient (Wildman–Crippen LogP) is 3.86. The highest BCUT2D eigenvalue weighted by Gasteiger charge is 2.28. The van der Waals surface area contributed by atoms with Crippen molar-refractivity contribution in [1.29, 1.82) is 0 Å². The van der Waals surface area contributed by atoms with Gasteiger partial charge in [0.1, 0.15) is 5.75 Å². The standard InChI is InChI=1S/C18H18BrN3OS/c1-20-18(24)22-17(13-5-9-15(23-2)10-6-13)11-16(21-22)12-3-7-14(19)8-4-12/h3-11,17,21H,1-2H3,(H,20,24)/t17-/m0/s1. The van der Waals surface area contributed by atoms with Gasteiger partial charge in [-0.1, -0.05) is 40.2 Å². The van der Waals surface area contributed by atoms with Crippen molar-refractivity contribution >= 4 is 39.0 Å². The van der Waals surface area contributed by atoms with Crippen LogP contribution in [0.15, 0.2) is 59.1 Å². The van der Waals surface area contributed by atoms with E-state index in [1.165, 1.54) is 0 Å². The lowest BCUT2D eigenvalue weighted by molar-refractivity contribution is 0.339. The van der Waals surface area contributed by atoms with Crippen LogP contribution in [0.2, 0.25) is 0 Å². The number of hydrazine groups is 1. The number of methoxy groups -OCH3 is 1. The lowest BCUT2D eigenvalue weighted by Gasteiger charge is -2.27. The third-order valence-electron chi connectivity index (χ3n) is 3.89. The van der Waals surface area contributed by atoms with Crippen LogP contribution < -0.4 is 15.5 Å².